The van der Waals surface area contributed by atoms with Crippen LogP contribution in [0.2, 0.25) is 0 Å². The number of hydrogen-bond acceptors (Lipinski definition) is 3. The minimum absolute atomic E-state index is 0.121. The summed E-state index contributed by atoms with van der Waals surface area (Å²) in [4.78, 5) is 10.8. The summed E-state index contributed by atoms with van der Waals surface area (Å²) < 4.78 is 15.9. The number of esters is 1. The maximum atomic E-state index is 11.3. The van der Waals surface area contributed by atoms with Crippen molar-refractivity contribution in [3.8, 4) is 0 Å². The van der Waals surface area contributed by atoms with Gasteiger partial charge in [0.15, 0.2) is 0 Å². The van der Waals surface area contributed by atoms with Crippen LogP contribution < -0.4 is 0 Å². The molecular formula is C12H24O3S. The van der Waals surface area contributed by atoms with Crippen molar-refractivity contribution in [3.05, 3.63) is 0 Å². The normalized spacial score (nSPS) is 12.4. The van der Waals surface area contributed by atoms with Crippen LogP contribution in [0.1, 0.15) is 51.9 Å². The summed E-state index contributed by atoms with van der Waals surface area (Å²) in [6, 6.07) is 0. The van der Waals surface area contributed by atoms with Crippen molar-refractivity contribution in [3.63, 3.8) is 0 Å². The molecule has 0 amide bonds. The van der Waals surface area contributed by atoms with Crippen molar-refractivity contribution in [2.45, 2.75) is 51.9 Å². The summed E-state index contributed by atoms with van der Waals surface area (Å²) in [5.41, 5.74) is 0. The Balaban J connectivity index is 3.15. The third-order valence-electron chi connectivity index (χ3n) is 2.41. The number of carbonyl (C=O) groups excluding carboxylic acids is 1. The topological polar surface area (TPSA) is 43.4 Å². The Morgan fingerprint density at radius 3 is 2.31 bits per heavy atom. The molecule has 4 heteroatoms. The molecule has 0 fully saturated rings. The lowest BCUT2D eigenvalue weighted by Crippen LogP contribution is -2.01. The smallest absolute Gasteiger partial charge is 0.305 e. The van der Waals surface area contributed by atoms with Gasteiger partial charge in [-0.25, -0.2) is 0 Å². The SMILES string of the molecule is CCCS(=O)CCCCCCCC(=O)OC. The summed E-state index contributed by atoms with van der Waals surface area (Å²) in [5.74, 6) is 1.55. The van der Waals surface area contributed by atoms with Crippen LogP contribution in [-0.2, 0) is 20.3 Å². The second-order valence-corrected chi connectivity index (χ2v) is 5.64. The van der Waals surface area contributed by atoms with Crippen LogP contribution in [0.3, 0.4) is 0 Å². The predicted octanol–water partition coefficient (Wildman–Crippen LogP) is 2.66. The Labute approximate surface area is 101 Å². The van der Waals surface area contributed by atoms with Gasteiger partial charge < -0.3 is 4.74 Å². The summed E-state index contributed by atoms with van der Waals surface area (Å²) in [5, 5.41) is 0. The molecule has 0 aliphatic heterocycles. The molecular weight excluding hydrogens is 224 g/mol. The number of rotatable bonds is 10. The molecule has 16 heavy (non-hydrogen) atoms. The zero-order valence-corrected chi connectivity index (χ0v) is 11.3. The zero-order valence-electron chi connectivity index (χ0n) is 10.5. The first-order valence-corrected chi connectivity index (χ1v) is 7.61. The Kier molecular flexibility index (Phi) is 10.9. The van der Waals surface area contributed by atoms with Crippen LogP contribution in [0, 0.1) is 0 Å². The molecule has 1 atom stereocenters. The number of hydrogen-bond donors (Lipinski definition) is 0. The highest BCUT2D eigenvalue weighted by Crippen LogP contribution is 2.06. The Morgan fingerprint density at radius 1 is 1.06 bits per heavy atom. The van der Waals surface area contributed by atoms with Crippen molar-refractivity contribution in [1.82, 2.24) is 0 Å². The van der Waals surface area contributed by atoms with Crippen molar-refractivity contribution < 1.29 is 13.7 Å². The highest BCUT2D eigenvalue weighted by atomic mass is 32.2. The van der Waals surface area contributed by atoms with Gasteiger partial charge in [0.05, 0.1) is 7.11 Å². The van der Waals surface area contributed by atoms with Crippen LogP contribution in [0.15, 0.2) is 0 Å². The van der Waals surface area contributed by atoms with Gasteiger partial charge >= 0.3 is 5.97 Å². The largest absolute Gasteiger partial charge is 0.469 e. The molecule has 1 unspecified atom stereocenters. The molecule has 0 saturated heterocycles. The molecule has 3 nitrogen and oxygen atoms in total. The average molecular weight is 248 g/mol. The molecule has 0 radical (unpaired) electrons. The maximum Gasteiger partial charge on any atom is 0.305 e. The van der Waals surface area contributed by atoms with E-state index in [-0.39, 0.29) is 5.97 Å². The Bertz CT molecular complexity index is 204. The van der Waals surface area contributed by atoms with E-state index in [0.717, 1.165) is 50.0 Å². The molecule has 0 heterocycles. The number of ether oxygens (including phenoxy) is 1. The molecule has 0 rings (SSSR count). The minimum Gasteiger partial charge on any atom is -0.469 e. The van der Waals surface area contributed by atoms with E-state index in [1.54, 1.807) is 0 Å². The summed E-state index contributed by atoms with van der Waals surface area (Å²) >= 11 is 0. The fourth-order valence-corrected chi connectivity index (χ4v) is 2.68. The highest BCUT2D eigenvalue weighted by molar-refractivity contribution is 7.84. The van der Waals surface area contributed by atoms with E-state index in [2.05, 4.69) is 11.7 Å². The van der Waals surface area contributed by atoms with Gasteiger partial charge in [-0.05, 0) is 19.3 Å². The Morgan fingerprint density at radius 2 is 1.69 bits per heavy atom. The molecule has 96 valence electrons. The standard InChI is InChI=1S/C12H24O3S/c1-3-10-16(14)11-8-6-4-5-7-9-12(13)15-2/h3-11H2,1-2H3. The van der Waals surface area contributed by atoms with Crippen LogP contribution >= 0.6 is 0 Å². The molecule has 0 spiro atoms. The van der Waals surface area contributed by atoms with E-state index in [4.69, 9.17) is 0 Å². The van der Waals surface area contributed by atoms with Crippen molar-refractivity contribution in [1.29, 1.82) is 0 Å². The van der Waals surface area contributed by atoms with E-state index in [0.29, 0.717) is 6.42 Å². The monoisotopic (exact) mass is 248 g/mol. The molecule has 0 aromatic rings. The van der Waals surface area contributed by atoms with Gasteiger partial charge in [0, 0.05) is 28.7 Å². The van der Waals surface area contributed by atoms with Gasteiger partial charge in [-0.15, -0.1) is 0 Å². The van der Waals surface area contributed by atoms with E-state index < -0.39 is 10.8 Å². The first kappa shape index (κ1) is 15.6. The maximum absolute atomic E-state index is 11.3. The van der Waals surface area contributed by atoms with E-state index >= 15 is 0 Å². The van der Waals surface area contributed by atoms with Gasteiger partial charge in [0.1, 0.15) is 0 Å². The summed E-state index contributed by atoms with van der Waals surface area (Å²) in [6.45, 7) is 2.06. The van der Waals surface area contributed by atoms with Crippen molar-refractivity contribution >= 4 is 16.8 Å². The van der Waals surface area contributed by atoms with Crippen LogP contribution in [0.4, 0.5) is 0 Å². The van der Waals surface area contributed by atoms with Gasteiger partial charge in [-0.1, -0.05) is 26.2 Å². The van der Waals surface area contributed by atoms with Crippen LogP contribution in [0.25, 0.3) is 0 Å². The lowest BCUT2D eigenvalue weighted by atomic mass is 10.1. The molecule has 0 aliphatic carbocycles. The third kappa shape index (κ3) is 10.1. The average Bonchev–Trinajstić information content (AvgIpc) is 2.27. The van der Waals surface area contributed by atoms with E-state index in [1.165, 1.54) is 7.11 Å². The molecule has 0 bridgehead atoms. The molecule has 0 aliphatic rings. The Hall–Kier alpha value is -0.380. The van der Waals surface area contributed by atoms with Crippen LogP contribution in [0.5, 0.6) is 0 Å². The van der Waals surface area contributed by atoms with Gasteiger partial charge in [0.25, 0.3) is 0 Å². The zero-order chi connectivity index (χ0) is 12.2. The van der Waals surface area contributed by atoms with E-state index in [1.807, 2.05) is 0 Å². The van der Waals surface area contributed by atoms with Gasteiger partial charge in [0.2, 0.25) is 0 Å². The fraction of sp³-hybridized carbons (Fsp3) is 0.917. The summed E-state index contributed by atoms with van der Waals surface area (Å²) in [7, 11) is 0.812. The van der Waals surface area contributed by atoms with Gasteiger partial charge in [-0.3, -0.25) is 9.00 Å². The van der Waals surface area contributed by atoms with Crippen molar-refractivity contribution in [2.75, 3.05) is 18.6 Å². The molecule has 0 aromatic heterocycles. The molecule has 0 saturated carbocycles. The molecule has 0 N–H and O–H groups in total. The highest BCUT2D eigenvalue weighted by Gasteiger charge is 2.00. The first-order chi connectivity index (χ1) is 7.70. The number of carbonyl (C=O) groups is 1. The molecule has 0 aromatic carbocycles. The quantitative estimate of drug-likeness (QED) is 0.441. The van der Waals surface area contributed by atoms with E-state index in [9.17, 15) is 9.00 Å². The number of methoxy groups -OCH3 is 1. The summed E-state index contributed by atoms with van der Waals surface area (Å²) in [6.07, 6.45) is 6.80. The first-order valence-electron chi connectivity index (χ1n) is 6.12. The second kappa shape index (κ2) is 11.1. The van der Waals surface area contributed by atoms with Gasteiger partial charge in [-0.2, -0.15) is 0 Å². The minimum atomic E-state index is -0.610. The third-order valence-corrected chi connectivity index (χ3v) is 4.02. The van der Waals surface area contributed by atoms with Crippen LogP contribution in [-0.4, -0.2) is 28.8 Å². The lowest BCUT2D eigenvalue weighted by molar-refractivity contribution is -0.140. The second-order valence-electron chi connectivity index (χ2n) is 3.94. The fourth-order valence-electron chi connectivity index (χ4n) is 1.49. The predicted molar refractivity (Wildman–Crippen MR) is 67.9 cm³/mol. The number of unbranched alkanes of at least 4 members (excludes halogenated alkanes) is 4. The van der Waals surface area contributed by atoms with Crippen molar-refractivity contribution in [2.24, 2.45) is 0 Å². The lowest BCUT2D eigenvalue weighted by Gasteiger charge is -2.01.